The number of amides is 1. The van der Waals surface area contributed by atoms with Crippen molar-refractivity contribution in [3.8, 4) is 0 Å². The Morgan fingerprint density at radius 1 is 1.40 bits per heavy atom. The number of nitrogens with zero attached hydrogens (tertiary/aromatic N) is 1. The second kappa shape index (κ2) is 8.65. The highest BCUT2D eigenvalue weighted by molar-refractivity contribution is 7.09. The summed E-state index contributed by atoms with van der Waals surface area (Å²) >= 11 is 1.39. The summed E-state index contributed by atoms with van der Waals surface area (Å²) in [5.74, 6) is -0.939. The molecule has 0 aliphatic heterocycles. The first-order valence-electron chi connectivity index (χ1n) is 6.71. The third-order valence-corrected chi connectivity index (χ3v) is 3.79. The molecule has 0 fully saturated rings. The van der Waals surface area contributed by atoms with Crippen molar-refractivity contribution in [2.45, 2.75) is 45.1 Å². The molecule has 0 aliphatic rings. The van der Waals surface area contributed by atoms with E-state index in [1.807, 2.05) is 6.92 Å². The van der Waals surface area contributed by atoms with Gasteiger partial charge in [0.05, 0.1) is 6.04 Å². The number of carboxylic acid groups (broad SMARTS) is 1. The molecule has 1 heterocycles. The average Bonchev–Trinajstić information content (AvgIpc) is 2.86. The van der Waals surface area contributed by atoms with Crippen LogP contribution in [0.25, 0.3) is 0 Å². The van der Waals surface area contributed by atoms with Crippen LogP contribution >= 0.6 is 11.3 Å². The van der Waals surface area contributed by atoms with Crippen molar-refractivity contribution in [2.75, 3.05) is 6.54 Å². The zero-order valence-corrected chi connectivity index (χ0v) is 12.4. The van der Waals surface area contributed by atoms with Gasteiger partial charge in [-0.3, -0.25) is 9.59 Å². The Labute approximate surface area is 122 Å². The SMILES string of the molecule is CC(N)c1nc(C(=O)NCCCCCCC(=O)O)cs1. The van der Waals surface area contributed by atoms with Gasteiger partial charge in [0.15, 0.2) is 0 Å². The molecule has 1 aromatic heterocycles. The van der Waals surface area contributed by atoms with Gasteiger partial charge in [0.25, 0.3) is 5.91 Å². The predicted molar refractivity (Wildman–Crippen MR) is 77.8 cm³/mol. The topological polar surface area (TPSA) is 105 Å². The van der Waals surface area contributed by atoms with Crippen molar-refractivity contribution in [1.29, 1.82) is 0 Å². The summed E-state index contributed by atoms with van der Waals surface area (Å²) in [6.07, 6.45) is 3.53. The van der Waals surface area contributed by atoms with Gasteiger partial charge < -0.3 is 16.2 Å². The molecule has 6 nitrogen and oxygen atoms in total. The highest BCUT2D eigenvalue weighted by Gasteiger charge is 2.11. The first kappa shape index (κ1) is 16.6. The minimum absolute atomic E-state index is 0.157. The predicted octanol–water partition coefficient (Wildman–Crippen LogP) is 1.93. The molecule has 1 atom stereocenters. The molecule has 7 heteroatoms. The maximum Gasteiger partial charge on any atom is 0.303 e. The summed E-state index contributed by atoms with van der Waals surface area (Å²) in [7, 11) is 0. The number of nitrogens with two attached hydrogens (primary N) is 1. The molecule has 1 unspecified atom stereocenters. The Kier molecular flexibility index (Phi) is 7.17. The summed E-state index contributed by atoms with van der Waals surface area (Å²) in [6.45, 7) is 2.41. The molecule has 20 heavy (non-hydrogen) atoms. The molecule has 1 aromatic rings. The third kappa shape index (κ3) is 6.12. The first-order chi connectivity index (χ1) is 9.50. The maximum absolute atomic E-state index is 11.8. The number of aliphatic carboxylic acids is 1. The number of rotatable bonds is 9. The Morgan fingerprint density at radius 3 is 2.70 bits per heavy atom. The van der Waals surface area contributed by atoms with Crippen LogP contribution in [-0.4, -0.2) is 28.5 Å². The van der Waals surface area contributed by atoms with Crippen LogP contribution in [0.1, 0.15) is 60.6 Å². The van der Waals surface area contributed by atoms with Crippen molar-refractivity contribution in [3.63, 3.8) is 0 Å². The molecule has 4 N–H and O–H groups in total. The van der Waals surface area contributed by atoms with Gasteiger partial charge in [0, 0.05) is 18.3 Å². The molecule has 1 amide bonds. The van der Waals surface area contributed by atoms with E-state index in [1.54, 1.807) is 5.38 Å². The molecule has 0 bridgehead atoms. The van der Waals surface area contributed by atoms with Crippen LogP contribution in [-0.2, 0) is 4.79 Å². The fourth-order valence-corrected chi connectivity index (χ4v) is 2.41. The minimum Gasteiger partial charge on any atom is -0.481 e. The Balaban J connectivity index is 2.15. The molecule has 0 spiro atoms. The lowest BCUT2D eigenvalue weighted by molar-refractivity contribution is -0.137. The van der Waals surface area contributed by atoms with Gasteiger partial charge in [0.2, 0.25) is 0 Å². The van der Waals surface area contributed by atoms with Crippen LogP contribution in [0.15, 0.2) is 5.38 Å². The van der Waals surface area contributed by atoms with E-state index in [4.69, 9.17) is 10.8 Å². The number of carbonyl (C=O) groups is 2. The van der Waals surface area contributed by atoms with E-state index in [-0.39, 0.29) is 18.4 Å². The smallest absolute Gasteiger partial charge is 0.303 e. The number of hydrogen-bond acceptors (Lipinski definition) is 5. The number of thiazole rings is 1. The van der Waals surface area contributed by atoms with Gasteiger partial charge >= 0.3 is 5.97 Å². The van der Waals surface area contributed by atoms with Crippen molar-refractivity contribution >= 4 is 23.2 Å². The molecule has 1 rings (SSSR count). The highest BCUT2D eigenvalue weighted by Crippen LogP contribution is 2.15. The van der Waals surface area contributed by atoms with E-state index in [9.17, 15) is 9.59 Å². The Bertz CT molecular complexity index is 446. The fraction of sp³-hybridized carbons (Fsp3) is 0.615. The fourth-order valence-electron chi connectivity index (χ4n) is 1.65. The quantitative estimate of drug-likeness (QED) is 0.604. The van der Waals surface area contributed by atoms with Crippen LogP contribution in [0.5, 0.6) is 0 Å². The first-order valence-corrected chi connectivity index (χ1v) is 7.59. The number of aromatic nitrogens is 1. The summed E-state index contributed by atoms with van der Waals surface area (Å²) in [6, 6.07) is -0.157. The summed E-state index contributed by atoms with van der Waals surface area (Å²) in [4.78, 5) is 26.3. The molecule has 0 aromatic carbocycles. The lowest BCUT2D eigenvalue weighted by Gasteiger charge is -2.03. The second-order valence-electron chi connectivity index (χ2n) is 4.67. The van der Waals surface area contributed by atoms with Crippen molar-refractivity contribution in [3.05, 3.63) is 16.1 Å². The maximum atomic E-state index is 11.8. The summed E-state index contributed by atoms with van der Waals surface area (Å²) in [5, 5.41) is 13.7. The van der Waals surface area contributed by atoms with Gasteiger partial charge in [-0.2, -0.15) is 0 Å². The zero-order chi connectivity index (χ0) is 15.0. The third-order valence-electron chi connectivity index (χ3n) is 2.75. The normalized spacial score (nSPS) is 12.1. The van der Waals surface area contributed by atoms with E-state index in [2.05, 4.69) is 10.3 Å². The van der Waals surface area contributed by atoms with Gasteiger partial charge in [-0.15, -0.1) is 11.3 Å². The van der Waals surface area contributed by atoms with Crippen molar-refractivity contribution in [2.24, 2.45) is 5.73 Å². The monoisotopic (exact) mass is 299 g/mol. The Morgan fingerprint density at radius 2 is 2.10 bits per heavy atom. The van der Waals surface area contributed by atoms with Gasteiger partial charge in [-0.25, -0.2) is 4.98 Å². The van der Waals surface area contributed by atoms with Gasteiger partial charge in [-0.05, 0) is 19.8 Å². The number of nitrogens with one attached hydrogen (secondary N) is 1. The number of carbonyl (C=O) groups excluding carboxylic acids is 1. The summed E-state index contributed by atoms with van der Waals surface area (Å²) < 4.78 is 0. The average molecular weight is 299 g/mol. The number of carboxylic acids is 1. The van der Waals surface area contributed by atoms with Gasteiger partial charge in [-0.1, -0.05) is 12.8 Å². The van der Waals surface area contributed by atoms with Crippen LogP contribution < -0.4 is 11.1 Å². The lowest BCUT2D eigenvalue weighted by atomic mass is 10.1. The number of unbranched alkanes of at least 4 members (excludes halogenated alkanes) is 3. The lowest BCUT2D eigenvalue weighted by Crippen LogP contribution is -2.24. The van der Waals surface area contributed by atoms with Crippen molar-refractivity contribution < 1.29 is 14.7 Å². The molecular weight excluding hydrogens is 278 g/mol. The van der Waals surface area contributed by atoms with Crippen molar-refractivity contribution in [1.82, 2.24) is 10.3 Å². The Hall–Kier alpha value is -1.47. The van der Waals surface area contributed by atoms with E-state index in [0.717, 1.165) is 24.3 Å². The summed E-state index contributed by atoms with van der Waals surface area (Å²) in [5.41, 5.74) is 6.10. The van der Waals surface area contributed by atoms with E-state index >= 15 is 0 Å². The highest BCUT2D eigenvalue weighted by atomic mass is 32.1. The molecule has 0 saturated carbocycles. The number of hydrogen-bond donors (Lipinski definition) is 3. The zero-order valence-electron chi connectivity index (χ0n) is 11.6. The molecule has 0 radical (unpaired) electrons. The van der Waals surface area contributed by atoms with Crippen LogP contribution in [0.4, 0.5) is 0 Å². The molecule has 0 aliphatic carbocycles. The van der Waals surface area contributed by atoms with Crippen LogP contribution in [0, 0.1) is 0 Å². The molecule has 112 valence electrons. The van der Waals surface area contributed by atoms with Crippen LogP contribution in [0.2, 0.25) is 0 Å². The van der Waals surface area contributed by atoms with E-state index in [1.165, 1.54) is 11.3 Å². The van der Waals surface area contributed by atoms with Gasteiger partial charge in [0.1, 0.15) is 10.7 Å². The van der Waals surface area contributed by atoms with E-state index < -0.39 is 5.97 Å². The standard InChI is InChI=1S/C13H21N3O3S/c1-9(14)13-16-10(8-20-13)12(19)15-7-5-3-2-4-6-11(17)18/h8-9H,2-7,14H2,1H3,(H,15,19)(H,17,18). The van der Waals surface area contributed by atoms with E-state index in [0.29, 0.717) is 18.7 Å². The van der Waals surface area contributed by atoms with Crippen LogP contribution in [0.3, 0.4) is 0 Å². The molecular formula is C13H21N3O3S. The minimum atomic E-state index is -0.758. The molecule has 0 saturated heterocycles. The largest absolute Gasteiger partial charge is 0.481 e. The second-order valence-corrected chi connectivity index (χ2v) is 5.56.